The van der Waals surface area contributed by atoms with E-state index >= 15 is 0 Å². The van der Waals surface area contributed by atoms with Gasteiger partial charge in [-0.15, -0.1) is 0 Å². The largest absolute Gasteiger partial charge is 0.444 e. The molecule has 1 aliphatic rings. The molecule has 1 aliphatic heterocycles. The quantitative estimate of drug-likeness (QED) is 0.782. The van der Waals surface area contributed by atoms with E-state index in [9.17, 15) is 4.79 Å². The zero-order valence-electron chi connectivity index (χ0n) is 12.6. The molecule has 0 aliphatic carbocycles. The zero-order valence-corrected chi connectivity index (χ0v) is 14.2. The van der Waals surface area contributed by atoms with Gasteiger partial charge in [0, 0.05) is 25.0 Å². The molecule has 0 spiro atoms. The van der Waals surface area contributed by atoms with Gasteiger partial charge in [0.2, 0.25) is 0 Å². The van der Waals surface area contributed by atoms with Crippen molar-refractivity contribution < 1.29 is 9.53 Å². The minimum atomic E-state index is -0.445. The Morgan fingerprint density at radius 1 is 1.40 bits per heavy atom. The number of piperidine rings is 1. The number of halogens is 1. The van der Waals surface area contributed by atoms with Crippen molar-refractivity contribution in [2.45, 2.75) is 52.2 Å². The van der Waals surface area contributed by atoms with Crippen LogP contribution in [-0.2, 0) is 4.74 Å². The van der Waals surface area contributed by atoms with E-state index in [0.717, 1.165) is 23.0 Å². The molecular weight excluding hydrogens is 322 g/mol. The normalized spacial score (nSPS) is 19.1. The maximum Gasteiger partial charge on any atom is 0.410 e. The Kier molecular flexibility index (Phi) is 6.05. The lowest BCUT2D eigenvalue weighted by atomic mass is 10.1. The molecule has 1 amide bonds. The summed E-state index contributed by atoms with van der Waals surface area (Å²) in [4.78, 5) is 18.3. The summed E-state index contributed by atoms with van der Waals surface area (Å²) >= 11 is 3.36. The lowest BCUT2D eigenvalue weighted by Crippen LogP contribution is -2.42. The number of carbonyl (C=O) groups excluding carboxylic acids is 1. The first-order valence-corrected chi connectivity index (χ1v) is 7.62. The van der Waals surface area contributed by atoms with E-state index < -0.39 is 5.60 Å². The van der Waals surface area contributed by atoms with Crippen LogP contribution in [0.3, 0.4) is 0 Å². The van der Waals surface area contributed by atoms with Crippen LogP contribution in [0.25, 0.3) is 0 Å². The van der Waals surface area contributed by atoms with Gasteiger partial charge >= 0.3 is 6.09 Å². The van der Waals surface area contributed by atoms with Crippen molar-refractivity contribution in [2.75, 3.05) is 13.1 Å². The fourth-order valence-corrected chi connectivity index (χ4v) is 2.06. The second-order valence-corrected chi connectivity index (χ2v) is 6.78. The van der Waals surface area contributed by atoms with Crippen LogP contribution in [0.1, 0.15) is 40.5 Å². The molecule has 0 atom stereocenters. The first kappa shape index (κ1) is 17.0. The van der Waals surface area contributed by atoms with Crippen LogP contribution in [0.5, 0.6) is 0 Å². The third-order valence-electron chi connectivity index (χ3n) is 2.98. The molecule has 0 aromatic heterocycles. The van der Waals surface area contributed by atoms with E-state index in [1.165, 1.54) is 6.20 Å². The molecule has 0 aromatic carbocycles. The fourth-order valence-electron chi connectivity index (χ4n) is 1.96. The van der Waals surface area contributed by atoms with Gasteiger partial charge in [-0.05, 0) is 56.5 Å². The number of likely N-dealkylation sites (tertiary alicyclic amines) is 1. The highest BCUT2D eigenvalue weighted by Gasteiger charge is 2.26. The van der Waals surface area contributed by atoms with E-state index in [4.69, 9.17) is 10.5 Å². The molecule has 114 valence electrons. The van der Waals surface area contributed by atoms with Gasteiger partial charge < -0.3 is 15.4 Å². The van der Waals surface area contributed by atoms with E-state index in [0.29, 0.717) is 13.1 Å². The Labute approximate surface area is 129 Å². The Bertz CT molecular complexity index is 405. The molecule has 6 heteroatoms. The smallest absolute Gasteiger partial charge is 0.410 e. The lowest BCUT2D eigenvalue weighted by Gasteiger charge is -2.32. The molecule has 0 aromatic rings. The number of carbonyl (C=O) groups is 1. The van der Waals surface area contributed by atoms with Crippen molar-refractivity contribution in [3.8, 4) is 0 Å². The Morgan fingerprint density at radius 3 is 2.40 bits per heavy atom. The highest BCUT2D eigenvalue weighted by molar-refractivity contribution is 9.12. The van der Waals surface area contributed by atoms with E-state index in [2.05, 4.69) is 20.9 Å². The summed E-state index contributed by atoms with van der Waals surface area (Å²) in [6.07, 6.45) is 2.96. The fraction of sp³-hybridized carbons (Fsp3) is 0.714. The highest BCUT2D eigenvalue weighted by Crippen LogP contribution is 2.18. The molecule has 2 N–H and O–H groups in total. The molecule has 0 saturated carbocycles. The van der Waals surface area contributed by atoms with Gasteiger partial charge in [-0.3, -0.25) is 4.99 Å². The molecule has 0 bridgehead atoms. The van der Waals surface area contributed by atoms with Gasteiger partial charge in [-0.1, -0.05) is 0 Å². The molecule has 1 fully saturated rings. The predicted octanol–water partition coefficient (Wildman–Crippen LogP) is 3.04. The molecule has 0 radical (unpaired) electrons. The van der Waals surface area contributed by atoms with Gasteiger partial charge in [-0.25, -0.2) is 4.79 Å². The third-order valence-corrected chi connectivity index (χ3v) is 3.82. The van der Waals surface area contributed by atoms with Gasteiger partial charge in [-0.2, -0.15) is 0 Å². The zero-order chi connectivity index (χ0) is 15.3. The second kappa shape index (κ2) is 7.11. The minimum Gasteiger partial charge on any atom is -0.444 e. The Morgan fingerprint density at radius 2 is 1.95 bits per heavy atom. The summed E-state index contributed by atoms with van der Waals surface area (Å²) < 4.78 is 6.18. The number of nitrogens with two attached hydrogens (primary N) is 1. The maximum absolute atomic E-state index is 11.9. The number of amides is 1. The summed E-state index contributed by atoms with van der Waals surface area (Å²) in [7, 11) is 0. The van der Waals surface area contributed by atoms with Crippen LogP contribution in [0, 0.1) is 0 Å². The van der Waals surface area contributed by atoms with Crippen LogP contribution < -0.4 is 5.73 Å². The summed E-state index contributed by atoms with van der Waals surface area (Å²) in [5.74, 6) is 0. The number of allylic oxidation sites excluding steroid dienone is 1. The first-order chi connectivity index (χ1) is 9.23. The van der Waals surface area contributed by atoms with Crippen LogP contribution in [-0.4, -0.2) is 41.4 Å². The molecular formula is C14H24BrN3O2. The minimum absolute atomic E-state index is 0.236. The number of hydrogen-bond donors (Lipinski definition) is 1. The van der Waals surface area contributed by atoms with Crippen molar-refractivity contribution in [3.05, 3.63) is 10.7 Å². The molecule has 1 heterocycles. The van der Waals surface area contributed by atoms with Crippen molar-refractivity contribution >= 4 is 27.7 Å². The van der Waals surface area contributed by atoms with Crippen molar-refractivity contribution in [2.24, 2.45) is 10.7 Å². The van der Waals surface area contributed by atoms with Crippen molar-refractivity contribution in [1.29, 1.82) is 0 Å². The van der Waals surface area contributed by atoms with Crippen LogP contribution >= 0.6 is 15.9 Å². The Hall–Kier alpha value is -1.04. The second-order valence-electron chi connectivity index (χ2n) is 5.93. The van der Waals surface area contributed by atoms with Gasteiger partial charge in [0.05, 0.1) is 10.5 Å². The molecule has 20 heavy (non-hydrogen) atoms. The topological polar surface area (TPSA) is 67.9 Å². The molecule has 0 unspecified atom stereocenters. The van der Waals surface area contributed by atoms with Crippen molar-refractivity contribution in [3.63, 3.8) is 0 Å². The monoisotopic (exact) mass is 345 g/mol. The first-order valence-electron chi connectivity index (χ1n) is 6.83. The average molecular weight is 346 g/mol. The third kappa shape index (κ3) is 5.53. The molecule has 1 rings (SSSR count). The van der Waals surface area contributed by atoms with Crippen molar-refractivity contribution in [1.82, 2.24) is 4.90 Å². The number of aliphatic imine (C=N–C) groups is 1. The average Bonchev–Trinajstić information content (AvgIpc) is 2.36. The number of rotatable bonds is 2. The predicted molar refractivity (Wildman–Crippen MR) is 85.1 cm³/mol. The number of hydrogen-bond acceptors (Lipinski definition) is 4. The summed E-state index contributed by atoms with van der Waals surface area (Å²) in [6.45, 7) is 8.92. The van der Waals surface area contributed by atoms with Gasteiger partial charge in [0.25, 0.3) is 0 Å². The number of ether oxygens (including phenoxy) is 1. The van der Waals surface area contributed by atoms with Gasteiger partial charge in [0.15, 0.2) is 0 Å². The SMILES string of the molecule is CC(=NC1CCN(C(=O)OC(C)(C)C)CC1)/C(Br)=C\N. The van der Waals surface area contributed by atoms with E-state index in [1.54, 1.807) is 4.90 Å². The van der Waals surface area contributed by atoms with Crippen LogP contribution in [0.15, 0.2) is 15.7 Å². The van der Waals surface area contributed by atoms with Crippen LogP contribution in [0.2, 0.25) is 0 Å². The summed E-state index contributed by atoms with van der Waals surface area (Å²) in [6, 6.07) is 0.237. The maximum atomic E-state index is 11.9. The summed E-state index contributed by atoms with van der Waals surface area (Å²) in [5, 5.41) is 0. The molecule has 5 nitrogen and oxygen atoms in total. The van der Waals surface area contributed by atoms with E-state index in [-0.39, 0.29) is 12.1 Å². The molecule has 1 saturated heterocycles. The standard InChI is InChI=1S/C14H24BrN3O2/c1-10(12(15)9-16)17-11-5-7-18(8-6-11)13(19)20-14(2,3)4/h9,11H,5-8,16H2,1-4H3/b12-9+,17-10?. The number of nitrogens with zero attached hydrogens (tertiary/aromatic N) is 2. The van der Waals surface area contributed by atoms with Crippen LogP contribution in [0.4, 0.5) is 4.79 Å². The lowest BCUT2D eigenvalue weighted by molar-refractivity contribution is 0.0207. The highest BCUT2D eigenvalue weighted by atomic mass is 79.9. The van der Waals surface area contributed by atoms with E-state index in [1.807, 2.05) is 27.7 Å². The van der Waals surface area contributed by atoms with Gasteiger partial charge in [0.1, 0.15) is 5.60 Å². The Balaban J connectivity index is 2.50. The summed E-state index contributed by atoms with van der Waals surface area (Å²) in [5.41, 5.74) is 5.89.